The van der Waals surface area contributed by atoms with Crippen LogP contribution < -0.4 is 10.1 Å². The molecule has 36 heavy (non-hydrogen) atoms. The highest BCUT2D eigenvalue weighted by molar-refractivity contribution is 6.16. The lowest BCUT2D eigenvalue weighted by atomic mass is 9.82. The average Bonchev–Trinajstić information content (AvgIpc) is 3.48. The second-order valence-electron chi connectivity index (χ2n) is 9.02. The Morgan fingerprint density at radius 2 is 2.00 bits per heavy atom. The normalized spacial score (nSPS) is 21.7. The van der Waals surface area contributed by atoms with Crippen LogP contribution in [0, 0.1) is 10.1 Å². The van der Waals surface area contributed by atoms with Gasteiger partial charge in [0, 0.05) is 23.4 Å². The van der Waals surface area contributed by atoms with Crippen molar-refractivity contribution < 1.29 is 24.4 Å². The number of Topliss-reactive ketones (excluding diaryl/α,β-unsaturated/α-hetero) is 1. The molecule has 2 N–H and O–H groups in total. The minimum Gasteiger partial charge on any atom is -0.454 e. The molecule has 1 aliphatic carbocycles. The van der Waals surface area contributed by atoms with Crippen LogP contribution in [0.5, 0.6) is 5.75 Å². The first-order valence-electron chi connectivity index (χ1n) is 11.1. The maximum absolute atomic E-state index is 14.1. The van der Waals surface area contributed by atoms with Gasteiger partial charge < -0.3 is 15.2 Å². The zero-order valence-corrected chi connectivity index (χ0v) is 19.0. The van der Waals surface area contributed by atoms with Gasteiger partial charge in [0.15, 0.2) is 5.65 Å². The summed E-state index contributed by atoms with van der Waals surface area (Å²) >= 11 is 0. The minimum atomic E-state index is -2.43. The zero-order valence-electron chi connectivity index (χ0n) is 19.0. The Labute approximate surface area is 202 Å². The van der Waals surface area contributed by atoms with Crippen molar-refractivity contribution in [3.05, 3.63) is 92.7 Å². The summed E-state index contributed by atoms with van der Waals surface area (Å²) in [5, 5.41) is 37.6. The second-order valence-corrected chi connectivity index (χ2v) is 9.02. The second kappa shape index (κ2) is 7.15. The van der Waals surface area contributed by atoms with Gasteiger partial charge in [-0.3, -0.25) is 19.7 Å². The van der Waals surface area contributed by atoms with Gasteiger partial charge in [-0.25, -0.2) is 0 Å². The van der Waals surface area contributed by atoms with Crippen LogP contribution in [0.2, 0.25) is 0 Å². The molecule has 180 valence electrons. The van der Waals surface area contributed by atoms with Crippen LogP contribution in [0.3, 0.4) is 0 Å². The number of nitro benzene ring substituents is 1. The fraction of sp³-hybridized carbons (Fsp3) is 0.208. The van der Waals surface area contributed by atoms with Crippen LogP contribution in [0.1, 0.15) is 57.2 Å². The van der Waals surface area contributed by atoms with E-state index in [-0.39, 0.29) is 39.6 Å². The summed E-state index contributed by atoms with van der Waals surface area (Å²) in [7, 11) is 0. The van der Waals surface area contributed by atoms with Crippen LogP contribution in [-0.4, -0.2) is 41.8 Å². The van der Waals surface area contributed by atoms with Gasteiger partial charge >= 0.3 is 0 Å². The Morgan fingerprint density at radius 1 is 1.19 bits per heavy atom. The highest BCUT2D eigenvalue weighted by atomic mass is 16.6. The molecule has 12 nitrogen and oxygen atoms in total. The number of ketones is 1. The number of hydrogen-bond acceptors (Lipinski definition) is 9. The molecular weight excluding hydrogens is 468 g/mol. The molecule has 4 aromatic rings. The third-order valence-electron chi connectivity index (χ3n) is 6.78. The number of carbonyl (C=O) groups is 2. The molecule has 2 aliphatic rings. The van der Waals surface area contributed by atoms with Gasteiger partial charge in [0.2, 0.25) is 11.3 Å². The number of hydrogen-bond donors (Lipinski definition) is 2. The van der Waals surface area contributed by atoms with E-state index in [1.807, 2.05) is 13.8 Å². The lowest BCUT2D eigenvalue weighted by molar-refractivity contribution is -0.385. The van der Waals surface area contributed by atoms with Gasteiger partial charge in [-0.2, -0.15) is 4.52 Å². The van der Waals surface area contributed by atoms with Crippen molar-refractivity contribution in [1.29, 1.82) is 0 Å². The van der Waals surface area contributed by atoms with E-state index >= 15 is 0 Å². The van der Waals surface area contributed by atoms with Crippen LogP contribution in [0.25, 0.3) is 5.65 Å². The number of fused-ring (bicyclic) bond motifs is 6. The number of aromatic nitrogens is 4. The van der Waals surface area contributed by atoms with Gasteiger partial charge in [0.1, 0.15) is 11.3 Å². The smallest absolute Gasteiger partial charge is 0.280 e. The molecule has 0 fully saturated rings. The van der Waals surface area contributed by atoms with E-state index in [0.717, 1.165) is 5.56 Å². The molecule has 12 heteroatoms. The van der Waals surface area contributed by atoms with E-state index < -0.39 is 33.6 Å². The zero-order chi connectivity index (χ0) is 25.4. The molecule has 6 rings (SSSR count). The summed E-state index contributed by atoms with van der Waals surface area (Å²) in [4.78, 5) is 38.8. The summed E-state index contributed by atoms with van der Waals surface area (Å²) < 4.78 is 7.29. The van der Waals surface area contributed by atoms with Crippen molar-refractivity contribution in [2.24, 2.45) is 0 Å². The Hall–Kier alpha value is -4.71. The fourth-order valence-corrected chi connectivity index (χ4v) is 5.03. The number of pyridine rings is 1. The number of amides is 1. The topological polar surface area (TPSA) is 162 Å². The lowest BCUT2D eigenvalue weighted by Crippen LogP contribution is -2.60. The van der Waals surface area contributed by atoms with Gasteiger partial charge in [-0.05, 0) is 40.1 Å². The Kier molecular flexibility index (Phi) is 4.33. The van der Waals surface area contributed by atoms with Crippen molar-refractivity contribution in [3.63, 3.8) is 0 Å². The van der Waals surface area contributed by atoms with E-state index in [9.17, 15) is 24.8 Å². The molecule has 0 saturated heterocycles. The summed E-state index contributed by atoms with van der Waals surface area (Å²) in [6, 6.07) is 12.0. The van der Waals surface area contributed by atoms with Crippen LogP contribution in [0.4, 0.5) is 5.69 Å². The highest BCUT2D eigenvalue weighted by Gasteiger charge is 2.73. The summed E-state index contributed by atoms with van der Waals surface area (Å²) in [6.45, 7) is 3.95. The molecule has 0 radical (unpaired) electrons. The van der Waals surface area contributed by atoms with E-state index in [1.54, 1.807) is 30.5 Å². The molecule has 1 aliphatic heterocycles. The first-order chi connectivity index (χ1) is 17.2. The maximum Gasteiger partial charge on any atom is 0.280 e. The standard InChI is InChI=1S/C24H18N6O6/c1-12(2)13-8-9-15-18(11-13)36-24(33)16-6-3-7-17(30(34)35)19(16)20(31)23(15,24)25-22(32)14-5-4-10-29-21(14)26-27-28-29/h3-12,33H,1-2H3,(H,25,32). The summed E-state index contributed by atoms with van der Waals surface area (Å²) in [5.74, 6) is -3.76. The molecule has 3 heterocycles. The third kappa shape index (κ3) is 2.58. The van der Waals surface area contributed by atoms with E-state index in [1.165, 1.54) is 28.8 Å². The van der Waals surface area contributed by atoms with E-state index in [0.29, 0.717) is 0 Å². The number of nitrogens with one attached hydrogen (secondary N) is 1. The molecule has 2 atom stereocenters. The number of rotatable bonds is 4. The Morgan fingerprint density at radius 3 is 2.75 bits per heavy atom. The maximum atomic E-state index is 14.1. The van der Waals surface area contributed by atoms with Crippen molar-refractivity contribution in [2.45, 2.75) is 31.1 Å². The number of aliphatic hydroxyl groups is 1. The molecule has 1 amide bonds. The van der Waals surface area contributed by atoms with Gasteiger partial charge in [0.05, 0.1) is 10.5 Å². The van der Waals surface area contributed by atoms with Gasteiger partial charge in [-0.15, -0.1) is 5.10 Å². The van der Waals surface area contributed by atoms with Crippen molar-refractivity contribution in [3.8, 4) is 5.75 Å². The van der Waals surface area contributed by atoms with Gasteiger partial charge in [0.25, 0.3) is 17.4 Å². The predicted molar refractivity (Wildman–Crippen MR) is 122 cm³/mol. The molecule has 0 saturated carbocycles. The number of nitro groups is 1. The number of carbonyl (C=O) groups excluding carboxylic acids is 2. The van der Waals surface area contributed by atoms with Crippen molar-refractivity contribution in [1.82, 2.24) is 25.4 Å². The lowest BCUT2D eigenvalue weighted by Gasteiger charge is -2.34. The van der Waals surface area contributed by atoms with Crippen LogP contribution in [-0.2, 0) is 11.3 Å². The highest BCUT2D eigenvalue weighted by Crippen LogP contribution is 2.59. The summed E-state index contributed by atoms with van der Waals surface area (Å²) in [6.07, 6.45) is 1.54. The first-order valence-corrected chi connectivity index (χ1v) is 11.1. The predicted octanol–water partition coefficient (Wildman–Crippen LogP) is 2.22. The SMILES string of the molecule is CC(C)c1ccc2c(c1)OC1(O)c3cccc([N+](=O)[O-])c3C(=O)C21NC(=O)c1cccn2nnnc12. The fourth-order valence-electron chi connectivity index (χ4n) is 5.03. The molecule has 2 aromatic heterocycles. The monoisotopic (exact) mass is 486 g/mol. The third-order valence-corrected chi connectivity index (χ3v) is 6.78. The minimum absolute atomic E-state index is 0.0322. The quantitative estimate of drug-likeness (QED) is 0.325. The van der Waals surface area contributed by atoms with Crippen molar-refractivity contribution >= 4 is 23.0 Å². The summed E-state index contributed by atoms with van der Waals surface area (Å²) in [5.41, 5.74) is -1.90. The van der Waals surface area contributed by atoms with Gasteiger partial charge in [-0.1, -0.05) is 38.1 Å². The molecular formula is C24H18N6O6. The van der Waals surface area contributed by atoms with E-state index in [4.69, 9.17) is 4.74 Å². The largest absolute Gasteiger partial charge is 0.454 e. The van der Waals surface area contributed by atoms with Crippen LogP contribution >= 0.6 is 0 Å². The van der Waals surface area contributed by atoms with E-state index in [2.05, 4.69) is 20.8 Å². The number of nitrogens with zero attached hydrogens (tertiary/aromatic N) is 5. The number of ether oxygens (including phenoxy) is 1. The Balaban J connectivity index is 1.59. The Bertz CT molecular complexity index is 1630. The van der Waals surface area contributed by atoms with Crippen molar-refractivity contribution in [2.75, 3.05) is 0 Å². The average molecular weight is 486 g/mol. The number of tetrazole rings is 1. The molecule has 2 aromatic carbocycles. The molecule has 2 unspecified atom stereocenters. The number of benzene rings is 2. The molecule has 0 spiro atoms. The molecule has 0 bridgehead atoms. The first kappa shape index (κ1) is 21.8. The van der Waals surface area contributed by atoms with Crippen LogP contribution in [0.15, 0.2) is 54.7 Å².